The second kappa shape index (κ2) is 9.26. The van der Waals surface area contributed by atoms with E-state index in [2.05, 4.69) is 26.3 Å². The minimum Gasteiger partial charge on any atom is -0.484 e. The van der Waals surface area contributed by atoms with Crippen molar-refractivity contribution in [3.05, 3.63) is 60.2 Å². The van der Waals surface area contributed by atoms with E-state index in [1.807, 2.05) is 55.5 Å². The molecule has 0 atom stereocenters. The van der Waals surface area contributed by atoms with E-state index in [1.165, 1.54) is 0 Å². The minimum absolute atomic E-state index is 0.181. The third-order valence-electron chi connectivity index (χ3n) is 3.79. The third-order valence-corrected chi connectivity index (χ3v) is 3.79. The number of aryl methyl sites for hydroxylation is 1. The normalized spacial score (nSPS) is 10.3. The molecule has 2 amide bonds. The van der Waals surface area contributed by atoms with Gasteiger partial charge in [0.2, 0.25) is 5.82 Å². The summed E-state index contributed by atoms with van der Waals surface area (Å²) in [5, 5.41) is 11.9. The molecule has 0 fully saturated rings. The highest BCUT2D eigenvalue weighted by molar-refractivity contribution is 5.82. The van der Waals surface area contributed by atoms with Gasteiger partial charge in [-0.25, -0.2) is 0 Å². The molecule has 3 rings (SSSR count). The van der Waals surface area contributed by atoms with E-state index >= 15 is 0 Å². The van der Waals surface area contributed by atoms with Gasteiger partial charge in [-0.05, 0) is 29.3 Å². The van der Waals surface area contributed by atoms with Crippen molar-refractivity contribution in [3.8, 4) is 17.1 Å². The summed E-state index contributed by atoms with van der Waals surface area (Å²) >= 11 is 0. The molecule has 0 aliphatic heterocycles. The van der Waals surface area contributed by atoms with Gasteiger partial charge in [0.1, 0.15) is 12.3 Å². The van der Waals surface area contributed by atoms with Crippen LogP contribution in [-0.2, 0) is 22.6 Å². The smallest absolute Gasteiger partial charge is 0.276 e. The van der Waals surface area contributed by atoms with Crippen molar-refractivity contribution in [1.29, 1.82) is 0 Å². The number of hydrogen-bond acceptors (Lipinski definition) is 6. The average Bonchev–Trinajstić information content (AvgIpc) is 3.20. The van der Waals surface area contributed by atoms with Gasteiger partial charge in [-0.2, -0.15) is 4.80 Å². The number of carbonyl (C=O) groups excluding carboxylic acids is 2. The fourth-order valence-electron chi connectivity index (χ4n) is 2.36. The quantitative estimate of drug-likeness (QED) is 0.595. The van der Waals surface area contributed by atoms with Gasteiger partial charge in [0.05, 0.1) is 0 Å². The fourth-order valence-corrected chi connectivity index (χ4v) is 2.36. The molecular weight excluding hydrogens is 360 g/mol. The van der Waals surface area contributed by atoms with Crippen LogP contribution in [0, 0.1) is 0 Å². The number of hydrazine groups is 1. The molecule has 0 aliphatic rings. The number of nitrogens with one attached hydrogen (secondary N) is 2. The summed E-state index contributed by atoms with van der Waals surface area (Å²) in [6.07, 6.45) is 0.877. The lowest BCUT2D eigenvalue weighted by Crippen LogP contribution is -2.45. The van der Waals surface area contributed by atoms with Crippen LogP contribution < -0.4 is 15.6 Å². The number of amides is 2. The SMILES string of the molecule is CCc1cccc(OCC(=O)NNC(=O)Cn2nnc(-c3ccccc3)n2)c1. The standard InChI is InChI=1S/C19H20N6O3/c1-2-14-7-6-10-16(11-14)28-13-18(27)21-20-17(26)12-25-23-19(22-24-25)15-8-4-3-5-9-15/h3-11H,2,12-13H2,1H3,(H,20,26)(H,21,27). The first-order chi connectivity index (χ1) is 13.6. The van der Waals surface area contributed by atoms with E-state index < -0.39 is 11.8 Å². The highest BCUT2D eigenvalue weighted by atomic mass is 16.5. The molecule has 9 heteroatoms. The van der Waals surface area contributed by atoms with Gasteiger partial charge in [-0.15, -0.1) is 10.2 Å². The first kappa shape index (κ1) is 19.0. The fraction of sp³-hybridized carbons (Fsp3) is 0.211. The Morgan fingerprint density at radius 3 is 2.61 bits per heavy atom. The lowest BCUT2D eigenvalue weighted by Gasteiger charge is -2.09. The monoisotopic (exact) mass is 380 g/mol. The molecule has 2 N–H and O–H groups in total. The topological polar surface area (TPSA) is 111 Å². The second-order valence-corrected chi connectivity index (χ2v) is 5.90. The predicted molar refractivity (Wildman–Crippen MR) is 101 cm³/mol. The molecule has 0 unspecified atom stereocenters. The highest BCUT2D eigenvalue weighted by Crippen LogP contribution is 2.13. The van der Waals surface area contributed by atoms with E-state index in [0.29, 0.717) is 11.6 Å². The zero-order chi connectivity index (χ0) is 19.8. The Bertz CT molecular complexity index is 942. The molecule has 9 nitrogen and oxygen atoms in total. The van der Waals surface area contributed by atoms with E-state index in [1.54, 1.807) is 6.07 Å². The largest absolute Gasteiger partial charge is 0.484 e. The van der Waals surface area contributed by atoms with Gasteiger partial charge in [0.15, 0.2) is 6.61 Å². The molecule has 2 aromatic carbocycles. The van der Waals surface area contributed by atoms with Crippen molar-refractivity contribution < 1.29 is 14.3 Å². The Hall–Kier alpha value is -3.75. The van der Waals surface area contributed by atoms with Crippen molar-refractivity contribution in [1.82, 2.24) is 31.1 Å². The van der Waals surface area contributed by atoms with Crippen LogP contribution in [-0.4, -0.2) is 38.6 Å². The summed E-state index contributed by atoms with van der Waals surface area (Å²) in [6, 6.07) is 16.8. The van der Waals surface area contributed by atoms with Crippen molar-refractivity contribution in [2.75, 3.05) is 6.61 Å². The van der Waals surface area contributed by atoms with Crippen molar-refractivity contribution in [2.45, 2.75) is 19.9 Å². The molecule has 0 saturated carbocycles. The van der Waals surface area contributed by atoms with Gasteiger partial charge >= 0.3 is 0 Å². The predicted octanol–water partition coefficient (Wildman–Crippen LogP) is 1.13. The highest BCUT2D eigenvalue weighted by Gasteiger charge is 2.10. The number of aromatic nitrogens is 4. The zero-order valence-corrected chi connectivity index (χ0v) is 15.3. The molecule has 0 aliphatic carbocycles. The Morgan fingerprint density at radius 1 is 1.04 bits per heavy atom. The number of hydrogen-bond donors (Lipinski definition) is 2. The van der Waals surface area contributed by atoms with E-state index in [-0.39, 0.29) is 13.2 Å². The number of nitrogens with zero attached hydrogens (tertiary/aromatic N) is 4. The molecule has 0 saturated heterocycles. The molecule has 1 heterocycles. The van der Waals surface area contributed by atoms with E-state index in [4.69, 9.17) is 4.74 Å². The molecule has 0 bridgehead atoms. The summed E-state index contributed by atoms with van der Waals surface area (Å²) in [7, 11) is 0. The van der Waals surface area contributed by atoms with Crippen LogP contribution in [0.5, 0.6) is 5.75 Å². The number of ether oxygens (including phenoxy) is 1. The molecular formula is C19H20N6O3. The van der Waals surface area contributed by atoms with Gasteiger partial charge in [-0.3, -0.25) is 20.4 Å². The molecule has 3 aromatic rings. The molecule has 0 radical (unpaired) electrons. The first-order valence-electron chi connectivity index (χ1n) is 8.76. The number of benzene rings is 2. The summed E-state index contributed by atoms with van der Waals surface area (Å²) in [6.45, 7) is 1.64. The lowest BCUT2D eigenvalue weighted by atomic mass is 10.2. The number of carbonyl (C=O) groups is 2. The van der Waals surface area contributed by atoms with Gasteiger partial charge in [0, 0.05) is 5.56 Å². The van der Waals surface area contributed by atoms with Crippen LogP contribution in [0.15, 0.2) is 54.6 Å². The van der Waals surface area contributed by atoms with E-state index in [9.17, 15) is 9.59 Å². The van der Waals surface area contributed by atoms with Crippen LogP contribution in [0.3, 0.4) is 0 Å². The molecule has 28 heavy (non-hydrogen) atoms. The maximum atomic E-state index is 11.9. The van der Waals surface area contributed by atoms with Crippen LogP contribution in [0.25, 0.3) is 11.4 Å². The van der Waals surface area contributed by atoms with Gasteiger partial charge in [0.25, 0.3) is 11.8 Å². The van der Waals surface area contributed by atoms with Crippen LogP contribution >= 0.6 is 0 Å². The van der Waals surface area contributed by atoms with Crippen LogP contribution in [0.1, 0.15) is 12.5 Å². The van der Waals surface area contributed by atoms with Crippen molar-refractivity contribution in [3.63, 3.8) is 0 Å². The third kappa shape index (κ3) is 5.37. The molecule has 144 valence electrons. The number of rotatable bonds is 7. The van der Waals surface area contributed by atoms with Crippen molar-refractivity contribution in [2.24, 2.45) is 0 Å². The molecule has 0 spiro atoms. The first-order valence-corrected chi connectivity index (χ1v) is 8.76. The Morgan fingerprint density at radius 2 is 1.82 bits per heavy atom. The lowest BCUT2D eigenvalue weighted by molar-refractivity contribution is -0.130. The van der Waals surface area contributed by atoms with Crippen LogP contribution in [0.4, 0.5) is 0 Å². The van der Waals surface area contributed by atoms with Gasteiger partial charge < -0.3 is 4.74 Å². The summed E-state index contributed by atoms with van der Waals surface area (Å²) in [5.74, 6) is 0.0475. The minimum atomic E-state index is -0.488. The summed E-state index contributed by atoms with van der Waals surface area (Å²) < 4.78 is 5.41. The average molecular weight is 380 g/mol. The maximum Gasteiger partial charge on any atom is 0.276 e. The van der Waals surface area contributed by atoms with Gasteiger partial charge in [-0.1, -0.05) is 49.4 Å². The second-order valence-electron chi connectivity index (χ2n) is 5.90. The van der Waals surface area contributed by atoms with E-state index in [0.717, 1.165) is 22.3 Å². The Labute approximate surface area is 161 Å². The van der Waals surface area contributed by atoms with Crippen LogP contribution in [0.2, 0.25) is 0 Å². The number of tetrazole rings is 1. The van der Waals surface area contributed by atoms with Crippen molar-refractivity contribution >= 4 is 11.8 Å². The Balaban J connectivity index is 1.42. The zero-order valence-electron chi connectivity index (χ0n) is 15.3. The summed E-state index contributed by atoms with van der Waals surface area (Å²) in [5.41, 5.74) is 6.49. The maximum absolute atomic E-state index is 11.9. The molecule has 1 aromatic heterocycles. The summed E-state index contributed by atoms with van der Waals surface area (Å²) in [4.78, 5) is 24.9. The Kier molecular flexibility index (Phi) is 6.29.